The summed E-state index contributed by atoms with van der Waals surface area (Å²) in [5, 5.41) is 11.4. The minimum Gasteiger partial charge on any atom is -0.370 e. The summed E-state index contributed by atoms with van der Waals surface area (Å²) >= 11 is 0. The Kier molecular flexibility index (Phi) is 4.02. The van der Waals surface area contributed by atoms with Gasteiger partial charge < -0.3 is 11.1 Å². The molecule has 0 aromatic heterocycles. The predicted octanol–water partition coefficient (Wildman–Crippen LogP) is -0.165. The molecule has 0 aromatic rings. The lowest BCUT2D eigenvalue weighted by Crippen LogP contribution is -2.43. The molecule has 0 bridgehead atoms. The highest BCUT2D eigenvalue weighted by molar-refractivity contribution is 5.93. The van der Waals surface area contributed by atoms with Crippen LogP contribution in [0.1, 0.15) is 13.8 Å². The summed E-state index contributed by atoms with van der Waals surface area (Å²) in [5.74, 6) is 0.0546. The summed E-state index contributed by atoms with van der Waals surface area (Å²) in [6.07, 6.45) is 0. The average Bonchev–Trinajstić information content (AvgIpc) is 1.82. The zero-order chi connectivity index (χ0) is 8.85. The zero-order valence-corrected chi connectivity index (χ0v) is 6.77. The van der Waals surface area contributed by atoms with Gasteiger partial charge in [-0.1, -0.05) is 13.8 Å². The Morgan fingerprint density at radius 1 is 1.64 bits per heavy atom. The van der Waals surface area contributed by atoms with Crippen LogP contribution in [0.15, 0.2) is 0 Å². The van der Waals surface area contributed by atoms with E-state index >= 15 is 0 Å². The molecule has 11 heavy (non-hydrogen) atoms. The first kappa shape index (κ1) is 9.74. The summed E-state index contributed by atoms with van der Waals surface area (Å²) in [7, 11) is 0. The first-order chi connectivity index (χ1) is 5.02. The van der Waals surface area contributed by atoms with E-state index in [1.54, 1.807) is 0 Å². The van der Waals surface area contributed by atoms with E-state index in [0.29, 0.717) is 12.5 Å². The molecule has 0 aliphatic heterocycles. The lowest BCUT2D eigenvalue weighted by Gasteiger charge is -2.07. The first-order valence-electron chi connectivity index (χ1n) is 3.41. The van der Waals surface area contributed by atoms with Crippen molar-refractivity contribution in [2.24, 2.45) is 11.7 Å². The number of hydrogen-bond acceptors (Lipinski definition) is 2. The second-order valence-corrected chi connectivity index (χ2v) is 2.64. The summed E-state index contributed by atoms with van der Waals surface area (Å²) in [4.78, 5) is 10.7. The Labute approximate surface area is 65.9 Å². The zero-order valence-electron chi connectivity index (χ0n) is 6.77. The smallest absolute Gasteiger partial charge is 0.321 e. The Morgan fingerprint density at radius 2 is 2.18 bits per heavy atom. The Morgan fingerprint density at radius 3 is 2.55 bits per heavy atom. The Bertz CT molecular complexity index is 155. The number of nitrogens with two attached hydrogens (primary N) is 1. The van der Waals surface area contributed by atoms with Crippen LogP contribution in [-0.2, 0) is 0 Å². The molecule has 2 amide bonds. The SMILES string of the molecule is CC(C)CNC(=O)NC(=N)N. The van der Waals surface area contributed by atoms with Gasteiger partial charge in [0.05, 0.1) is 0 Å². The van der Waals surface area contributed by atoms with Crippen molar-refractivity contribution in [3.63, 3.8) is 0 Å². The molecular weight excluding hydrogens is 144 g/mol. The van der Waals surface area contributed by atoms with Crippen molar-refractivity contribution in [2.75, 3.05) is 6.54 Å². The minimum absolute atomic E-state index is 0.341. The quantitative estimate of drug-likeness (QED) is 0.332. The fraction of sp³-hybridized carbons (Fsp3) is 0.667. The molecule has 0 heterocycles. The highest BCUT2D eigenvalue weighted by atomic mass is 16.2. The molecule has 64 valence electrons. The fourth-order valence-corrected chi connectivity index (χ4v) is 0.463. The second-order valence-electron chi connectivity index (χ2n) is 2.64. The monoisotopic (exact) mass is 158 g/mol. The molecule has 5 N–H and O–H groups in total. The van der Waals surface area contributed by atoms with E-state index < -0.39 is 6.03 Å². The van der Waals surface area contributed by atoms with Gasteiger partial charge in [-0.15, -0.1) is 0 Å². The molecule has 5 nitrogen and oxygen atoms in total. The number of nitrogens with one attached hydrogen (secondary N) is 3. The van der Waals surface area contributed by atoms with Gasteiger partial charge in [0.15, 0.2) is 5.96 Å². The van der Waals surface area contributed by atoms with Crippen LogP contribution >= 0.6 is 0 Å². The molecule has 0 aromatic carbocycles. The van der Waals surface area contributed by atoms with Gasteiger partial charge in [0.1, 0.15) is 0 Å². The average molecular weight is 158 g/mol. The summed E-state index contributed by atoms with van der Waals surface area (Å²) in [5.41, 5.74) is 4.91. The summed E-state index contributed by atoms with van der Waals surface area (Å²) < 4.78 is 0. The maximum Gasteiger partial charge on any atom is 0.321 e. The Hall–Kier alpha value is -1.26. The number of carbonyl (C=O) groups is 1. The minimum atomic E-state index is -0.425. The largest absolute Gasteiger partial charge is 0.370 e. The van der Waals surface area contributed by atoms with E-state index in [1.807, 2.05) is 13.8 Å². The van der Waals surface area contributed by atoms with Gasteiger partial charge >= 0.3 is 6.03 Å². The molecule has 0 spiro atoms. The molecular formula is C6H14N4O. The number of amides is 2. The van der Waals surface area contributed by atoms with E-state index in [4.69, 9.17) is 11.1 Å². The molecule has 5 heteroatoms. The molecule has 0 radical (unpaired) electrons. The van der Waals surface area contributed by atoms with E-state index in [0.717, 1.165) is 0 Å². The van der Waals surface area contributed by atoms with Crippen molar-refractivity contribution in [3.05, 3.63) is 0 Å². The van der Waals surface area contributed by atoms with Crippen molar-refractivity contribution >= 4 is 12.0 Å². The topological polar surface area (TPSA) is 91.0 Å². The van der Waals surface area contributed by atoms with Crippen LogP contribution in [0.5, 0.6) is 0 Å². The molecule has 0 unspecified atom stereocenters. The highest BCUT2D eigenvalue weighted by Gasteiger charge is 2.00. The Balaban J connectivity index is 3.46. The maximum absolute atomic E-state index is 10.7. The van der Waals surface area contributed by atoms with Crippen molar-refractivity contribution in [2.45, 2.75) is 13.8 Å². The number of guanidine groups is 1. The third-order valence-electron chi connectivity index (χ3n) is 0.919. The van der Waals surface area contributed by atoms with Crippen LogP contribution in [0.2, 0.25) is 0 Å². The molecule has 0 aliphatic rings. The first-order valence-corrected chi connectivity index (χ1v) is 3.41. The molecule has 0 saturated heterocycles. The molecule has 0 aliphatic carbocycles. The van der Waals surface area contributed by atoms with E-state index in [9.17, 15) is 4.79 Å². The van der Waals surface area contributed by atoms with E-state index in [-0.39, 0.29) is 5.96 Å². The van der Waals surface area contributed by atoms with Gasteiger partial charge in [-0.25, -0.2) is 4.79 Å². The number of hydrogen-bond donors (Lipinski definition) is 4. The maximum atomic E-state index is 10.7. The van der Waals surface area contributed by atoms with Crippen molar-refractivity contribution in [1.29, 1.82) is 5.41 Å². The highest BCUT2D eigenvalue weighted by Crippen LogP contribution is 1.85. The van der Waals surface area contributed by atoms with Gasteiger partial charge in [0.2, 0.25) is 0 Å². The normalized spacial score (nSPS) is 9.36. The lowest BCUT2D eigenvalue weighted by atomic mass is 10.2. The molecule has 0 saturated carbocycles. The van der Waals surface area contributed by atoms with E-state index in [1.165, 1.54) is 0 Å². The van der Waals surface area contributed by atoms with E-state index in [2.05, 4.69) is 10.6 Å². The van der Waals surface area contributed by atoms with Gasteiger partial charge in [0.25, 0.3) is 0 Å². The van der Waals surface area contributed by atoms with Gasteiger partial charge in [-0.05, 0) is 5.92 Å². The lowest BCUT2D eigenvalue weighted by molar-refractivity contribution is 0.244. The van der Waals surface area contributed by atoms with Crippen LogP contribution in [0.4, 0.5) is 4.79 Å². The number of carbonyl (C=O) groups excluding carboxylic acids is 1. The van der Waals surface area contributed by atoms with Gasteiger partial charge in [-0.2, -0.15) is 0 Å². The van der Waals surface area contributed by atoms with Crippen LogP contribution in [0, 0.1) is 11.3 Å². The second kappa shape index (κ2) is 4.54. The summed E-state index contributed by atoms with van der Waals surface area (Å²) in [6.45, 7) is 4.54. The van der Waals surface area contributed by atoms with Crippen LogP contribution in [0.25, 0.3) is 0 Å². The summed E-state index contributed by atoms with van der Waals surface area (Å²) in [6, 6.07) is -0.425. The predicted molar refractivity (Wildman–Crippen MR) is 43.3 cm³/mol. The standard InChI is InChI=1S/C6H14N4O/c1-4(2)3-9-6(11)10-5(7)8/h4H,3H2,1-2H3,(H5,7,8,9,10,11). The third-order valence-corrected chi connectivity index (χ3v) is 0.919. The van der Waals surface area contributed by atoms with Crippen molar-refractivity contribution in [1.82, 2.24) is 10.6 Å². The van der Waals surface area contributed by atoms with Crippen LogP contribution in [-0.4, -0.2) is 18.5 Å². The van der Waals surface area contributed by atoms with Crippen LogP contribution in [0.3, 0.4) is 0 Å². The van der Waals surface area contributed by atoms with Crippen molar-refractivity contribution in [3.8, 4) is 0 Å². The fourth-order valence-electron chi connectivity index (χ4n) is 0.463. The number of urea groups is 1. The molecule has 0 fully saturated rings. The van der Waals surface area contributed by atoms with Crippen molar-refractivity contribution < 1.29 is 4.79 Å². The molecule has 0 rings (SSSR count). The van der Waals surface area contributed by atoms with Gasteiger partial charge in [-0.3, -0.25) is 10.7 Å². The van der Waals surface area contributed by atoms with Crippen LogP contribution < -0.4 is 16.4 Å². The van der Waals surface area contributed by atoms with Gasteiger partial charge in [0, 0.05) is 6.54 Å². The third kappa shape index (κ3) is 6.63. The number of rotatable bonds is 2. The molecule has 0 atom stereocenters.